The Kier molecular flexibility index (Phi) is 9.67. The van der Waals surface area contributed by atoms with Crippen LogP contribution in [0.4, 0.5) is 0 Å². The summed E-state index contributed by atoms with van der Waals surface area (Å²) in [5, 5.41) is 5.00. The fraction of sp³-hybridized carbons (Fsp3) is 0.385. The van der Waals surface area contributed by atoms with Crippen molar-refractivity contribution in [1.29, 1.82) is 0 Å². The number of benzene rings is 2. The number of carbonyl (C=O) groups is 1. The Labute approximate surface area is 226 Å². The van der Waals surface area contributed by atoms with Gasteiger partial charge in [-0.15, -0.1) is 0 Å². The Hall–Kier alpha value is -2.72. The molecule has 1 heterocycles. The Bertz CT molecular complexity index is 1340. The molecule has 8 nitrogen and oxygen atoms in total. The highest BCUT2D eigenvalue weighted by molar-refractivity contribution is 9.10. The van der Waals surface area contributed by atoms with Crippen LogP contribution < -0.4 is 15.0 Å². The maximum absolute atomic E-state index is 13.4. The van der Waals surface area contributed by atoms with Gasteiger partial charge in [0.25, 0.3) is 5.56 Å². The molecule has 0 N–H and O–H groups in total. The normalized spacial score (nSPS) is 13.1. The monoisotopic (exact) mass is 621 g/mol. The van der Waals surface area contributed by atoms with Gasteiger partial charge in [0.2, 0.25) is 0 Å². The van der Waals surface area contributed by atoms with Crippen LogP contribution in [-0.2, 0) is 9.53 Å². The Balaban J connectivity index is 2.06. The van der Waals surface area contributed by atoms with Crippen LogP contribution in [-0.4, -0.2) is 41.2 Å². The summed E-state index contributed by atoms with van der Waals surface area (Å²) in [5.74, 6) is 0.960. The molecule has 10 heteroatoms. The van der Waals surface area contributed by atoms with Gasteiger partial charge >= 0.3 is 5.97 Å². The lowest BCUT2D eigenvalue weighted by molar-refractivity contribution is -0.150. The van der Waals surface area contributed by atoms with E-state index in [-0.39, 0.29) is 18.1 Å². The third-order valence-electron chi connectivity index (χ3n) is 5.48. The molecule has 0 bridgehead atoms. The Morgan fingerprint density at radius 1 is 1.11 bits per heavy atom. The molecule has 3 aromatic rings. The molecule has 0 unspecified atom stereocenters. The molecule has 1 aromatic heterocycles. The first-order chi connectivity index (χ1) is 17.2. The molecular weight excluding hydrogens is 594 g/mol. The fourth-order valence-electron chi connectivity index (χ4n) is 3.41. The third-order valence-corrected chi connectivity index (χ3v) is 6.66. The molecule has 0 aliphatic rings. The van der Waals surface area contributed by atoms with E-state index in [4.69, 9.17) is 19.2 Å². The minimum absolute atomic E-state index is 0.0189. The summed E-state index contributed by atoms with van der Waals surface area (Å²) in [6.07, 6.45) is 1.56. The van der Waals surface area contributed by atoms with E-state index in [1.165, 1.54) is 4.68 Å². The van der Waals surface area contributed by atoms with Gasteiger partial charge in [-0.2, -0.15) is 9.78 Å². The number of fused-ring (bicyclic) bond motifs is 1. The number of halogens is 2. The van der Waals surface area contributed by atoms with Crippen molar-refractivity contribution in [2.24, 2.45) is 5.10 Å². The van der Waals surface area contributed by atoms with Crippen molar-refractivity contribution >= 4 is 54.9 Å². The zero-order valence-electron chi connectivity index (χ0n) is 20.9. The molecule has 36 heavy (non-hydrogen) atoms. The molecule has 0 radical (unpaired) electrons. The zero-order chi connectivity index (χ0) is 26.4. The third kappa shape index (κ3) is 6.34. The molecule has 0 aliphatic carbocycles. The summed E-state index contributed by atoms with van der Waals surface area (Å²) in [7, 11) is 0. The molecular formula is C26H29Br2N3O5. The number of hydrogen-bond donors (Lipinski definition) is 0. The maximum Gasteiger partial charge on any atom is 0.347 e. The number of hydrogen-bond acceptors (Lipinski definition) is 7. The average molecular weight is 623 g/mol. The van der Waals surface area contributed by atoms with Gasteiger partial charge in [-0.1, -0.05) is 29.8 Å². The van der Waals surface area contributed by atoms with Crippen molar-refractivity contribution in [1.82, 2.24) is 9.66 Å². The van der Waals surface area contributed by atoms with Crippen LogP contribution in [0.1, 0.15) is 58.3 Å². The Morgan fingerprint density at radius 3 is 2.53 bits per heavy atom. The van der Waals surface area contributed by atoms with Crippen molar-refractivity contribution in [3.63, 3.8) is 0 Å². The molecule has 0 saturated heterocycles. The van der Waals surface area contributed by atoms with Crippen molar-refractivity contribution in [3.8, 4) is 11.5 Å². The number of nitrogens with zero attached hydrogens (tertiary/aromatic N) is 3. The summed E-state index contributed by atoms with van der Waals surface area (Å²) in [5.41, 5.74) is 1.03. The van der Waals surface area contributed by atoms with E-state index in [0.29, 0.717) is 44.9 Å². The molecule has 2 atom stereocenters. The largest absolute Gasteiger partial charge is 0.490 e. The van der Waals surface area contributed by atoms with Gasteiger partial charge in [0.15, 0.2) is 17.6 Å². The summed E-state index contributed by atoms with van der Waals surface area (Å²) < 4.78 is 19.4. The second kappa shape index (κ2) is 12.5. The lowest BCUT2D eigenvalue weighted by Gasteiger charge is -2.17. The topological polar surface area (TPSA) is 92.0 Å². The van der Waals surface area contributed by atoms with Gasteiger partial charge in [0.1, 0.15) is 5.82 Å². The average Bonchev–Trinajstić information content (AvgIpc) is 2.85. The second-order valence-electron chi connectivity index (χ2n) is 8.07. The van der Waals surface area contributed by atoms with E-state index in [2.05, 4.69) is 37.0 Å². The minimum Gasteiger partial charge on any atom is -0.490 e. The van der Waals surface area contributed by atoms with E-state index < -0.39 is 12.1 Å². The van der Waals surface area contributed by atoms with E-state index in [1.807, 2.05) is 32.9 Å². The lowest BCUT2D eigenvalue weighted by atomic mass is 10.1. The van der Waals surface area contributed by atoms with Crippen LogP contribution in [0.2, 0.25) is 0 Å². The lowest BCUT2D eigenvalue weighted by Crippen LogP contribution is -2.26. The van der Waals surface area contributed by atoms with E-state index in [9.17, 15) is 9.59 Å². The molecule has 0 saturated carbocycles. The molecule has 0 amide bonds. The van der Waals surface area contributed by atoms with Gasteiger partial charge in [-0.3, -0.25) is 4.79 Å². The van der Waals surface area contributed by atoms with E-state index in [0.717, 1.165) is 10.9 Å². The summed E-state index contributed by atoms with van der Waals surface area (Å²) in [6, 6.07) is 8.87. The molecule has 0 fully saturated rings. The van der Waals surface area contributed by atoms with Gasteiger partial charge in [0, 0.05) is 20.4 Å². The smallest absolute Gasteiger partial charge is 0.347 e. The fourth-order valence-corrected chi connectivity index (χ4v) is 4.19. The van der Waals surface area contributed by atoms with Crippen LogP contribution in [0, 0.1) is 0 Å². The van der Waals surface area contributed by atoms with Crippen molar-refractivity contribution in [3.05, 3.63) is 61.0 Å². The van der Waals surface area contributed by atoms with Crippen LogP contribution >= 0.6 is 31.9 Å². The number of esters is 1. The van der Waals surface area contributed by atoms with Crippen LogP contribution in [0.5, 0.6) is 11.5 Å². The standard InChI is InChI=1S/C26H29Br2N3O5/c1-6-15(4)24-30-21-10-9-18(27)12-19(21)25(32)31(24)29-14-17-11-22(34-7-2)23(13-20(17)28)36-16(5)26(33)35-8-3/h9-16H,6-8H2,1-5H3/t15-,16-/m0/s1. The molecule has 192 valence electrons. The predicted octanol–water partition coefficient (Wildman–Crippen LogP) is 6.05. The van der Waals surface area contributed by atoms with Crippen molar-refractivity contribution in [2.75, 3.05) is 13.2 Å². The first-order valence-electron chi connectivity index (χ1n) is 11.8. The Morgan fingerprint density at radius 2 is 1.86 bits per heavy atom. The molecule has 0 spiro atoms. The quantitative estimate of drug-likeness (QED) is 0.202. The van der Waals surface area contributed by atoms with Crippen LogP contribution in [0.3, 0.4) is 0 Å². The molecule has 3 rings (SSSR count). The van der Waals surface area contributed by atoms with Crippen LogP contribution in [0.15, 0.2) is 49.2 Å². The second-order valence-corrected chi connectivity index (χ2v) is 9.84. The highest BCUT2D eigenvalue weighted by Gasteiger charge is 2.20. The predicted molar refractivity (Wildman–Crippen MR) is 147 cm³/mol. The summed E-state index contributed by atoms with van der Waals surface area (Å²) in [4.78, 5) is 30.1. The first kappa shape index (κ1) is 27.9. The highest BCUT2D eigenvalue weighted by atomic mass is 79.9. The van der Waals surface area contributed by atoms with E-state index in [1.54, 1.807) is 38.3 Å². The SMILES string of the molecule is CCOC(=O)[C@H](C)Oc1cc(Br)c(C=Nn2c([C@@H](C)CC)nc3ccc(Br)cc3c2=O)cc1OCC. The number of ether oxygens (including phenoxy) is 3. The number of rotatable bonds is 10. The van der Waals surface area contributed by atoms with Gasteiger partial charge in [0.05, 0.1) is 30.3 Å². The van der Waals surface area contributed by atoms with Gasteiger partial charge < -0.3 is 14.2 Å². The maximum atomic E-state index is 13.4. The first-order valence-corrected chi connectivity index (χ1v) is 13.3. The summed E-state index contributed by atoms with van der Waals surface area (Å²) in [6.45, 7) is 9.92. The summed E-state index contributed by atoms with van der Waals surface area (Å²) >= 11 is 6.97. The number of aromatic nitrogens is 2. The van der Waals surface area contributed by atoms with Gasteiger partial charge in [-0.25, -0.2) is 9.78 Å². The molecule has 2 aromatic carbocycles. The highest BCUT2D eigenvalue weighted by Crippen LogP contribution is 2.34. The van der Waals surface area contributed by atoms with Crippen molar-refractivity contribution in [2.45, 2.75) is 53.1 Å². The minimum atomic E-state index is -0.810. The van der Waals surface area contributed by atoms with Crippen LogP contribution in [0.25, 0.3) is 10.9 Å². The van der Waals surface area contributed by atoms with Gasteiger partial charge in [-0.05, 0) is 73.5 Å². The number of carbonyl (C=O) groups excluding carboxylic acids is 1. The van der Waals surface area contributed by atoms with E-state index >= 15 is 0 Å². The molecule has 0 aliphatic heterocycles. The zero-order valence-corrected chi connectivity index (χ0v) is 24.1. The van der Waals surface area contributed by atoms with Crippen molar-refractivity contribution < 1.29 is 19.0 Å².